The maximum Gasteiger partial charge on any atom is 0.145 e. The lowest BCUT2D eigenvalue weighted by atomic mass is 10.0. The third-order valence-electron chi connectivity index (χ3n) is 2.69. The number of nitrogens with two attached hydrogens (primary N) is 1. The van der Waals surface area contributed by atoms with E-state index in [9.17, 15) is 4.39 Å². The maximum atomic E-state index is 13.8. The summed E-state index contributed by atoms with van der Waals surface area (Å²) in [5.41, 5.74) is 6.61. The lowest BCUT2D eigenvalue weighted by Gasteiger charge is -2.13. The zero-order valence-electron chi connectivity index (χ0n) is 9.82. The second kappa shape index (κ2) is 5.69. The smallest absolute Gasteiger partial charge is 0.145 e. The van der Waals surface area contributed by atoms with Gasteiger partial charge in [0.25, 0.3) is 0 Å². The summed E-state index contributed by atoms with van der Waals surface area (Å²) in [6.45, 7) is 0. The molecule has 96 valence electrons. The number of ether oxygens (including phenoxy) is 1. The quantitative estimate of drug-likeness (QED) is 0.927. The predicted molar refractivity (Wildman–Crippen MR) is 72.9 cm³/mol. The Kier molecular flexibility index (Phi) is 4.22. The molecule has 1 heterocycles. The van der Waals surface area contributed by atoms with E-state index in [0.717, 1.165) is 10.6 Å². The van der Waals surface area contributed by atoms with Gasteiger partial charge in [0.1, 0.15) is 11.6 Å². The van der Waals surface area contributed by atoms with Gasteiger partial charge in [-0.1, -0.05) is 23.7 Å². The molecule has 1 aromatic carbocycles. The minimum Gasteiger partial charge on any atom is -0.496 e. The molecule has 1 atom stereocenters. The highest BCUT2D eigenvalue weighted by molar-refractivity contribution is 7.10. The molecule has 5 heteroatoms. The van der Waals surface area contributed by atoms with Gasteiger partial charge in [0.2, 0.25) is 0 Å². The number of benzene rings is 1. The molecule has 0 aliphatic rings. The third-order valence-corrected chi connectivity index (χ3v) is 4.01. The second-order valence-electron chi connectivity index (χ2n) is 3.88. The Morgan fingerprint density at radius 2 is 2.22 bits per heavy atom. The largest absolute Gasteiger partial charge is 0.496 e. The van der Waals surface area contributed by atoms with Crippen molar-refractivity contribution < 1.29 is 9.13 Å². The van der Waals surface area contributed by atoms with Crippen LogP contribution >= 0.6 is 22.9 Å². The van der Waals surface area contributed by atoms with Crippen molar-refractivity contribution in [2.75, 3.05) is 7.11 Å². The van der Waals surface area contributed by atoms with Crippen LogP contribution < -0.4 is 10.5 Å². The van der Waals surface area contributed by atoms with E-state index in [1.54, 1.807) is 19.2 Å². The van der Waals surface area contributed by atoms with Gasteiger partial charge in [0.15, 0.2) is 0 Å². The fourth-order valence-electron chi connectivity index (χ4n) is 1.78. The summed E-state index contributed by atoms with van der Waals surface area (Å²) in [6.07, 6.45) is 0.392. The molecule has 1 unspecified atom stereocenters. The van der Waals surface area contributed by atoms with Crippen LogP contribution in [0.25, 0.3) is 0 Å². The highest BCUT2D eigenvalue weighted by atomic mass is 35.5. The molecule has 2 aromatic rings. The van der Waals surface area contributed by atoms with Gasteiger partial charge in [-0.15, -0.1) is 11.3 Å². The Balaban J connectivity index is 2.21. The minimum absolute atomic E-state index is 0.123. The second-order valence-corrected chi connectivity index (χ2v) is 5.23. The number of methoxy groups -OCH3 is 1. The van der Waals surface area contributed by atoms with Gasteiger partial charge in [-0.25, -0.2) is 4.39 Å². The lowest BCUT2D eigenvalue weighted by Crippen LogP contribution is -2.13. The summed E-state index contributed by atoms with van der Waals surface area (Å²) in [6, 6.07) is 6.50. The first-order valence-corrected chi connectivity index (χ1v) is 6.69. The molecule has 0 spiro atoms. The minimum atomic E-state index is -0.398. The number of hydrogen-bond acceptors (Lipinski definition) is 3. The van der Waals surface area contributed by atoms with Crippen molar-refractivity contribution in [2.24, 2.45) is 5.73 Å². The Morgan fingerprint density at radius 3 is 2.94 bits per heavy atom. The average Bonchev–Trinajstić information content (AvgIpc) is 2.83. The van der Waals surface area contributed by atoms with Crippen molar-refractivity contribution in [3.63, 3.8) is 0 Å². The maximum absolute atomic E-state index is 13.8. The SMILES string of the molecule is COc1ccsc1C(N)Cc1cccc(Cl)c1F. The summed E-state index contributed by atoms with van der Waals surface area (Å²) in [4.78, 5) is 0.914. The van der Waals surface area contributed by atoms with Gasteiger partial charge in [0.05, 0.1) is 17.0 Å². The van der Waals surface area contributed by atoms with E-state index in [1.165, 1.54) is 17.4 Å². The fraction of sp³-hybridized carbons (Fsp3) is 0.231. The van der Waals surface area contributed by atoms with E-state index in [0.29, 0.717) is 12.0 Å². The van der Waals surface area contributed by atoms with Crippen molar-refractivity contribution in [1.29, 1.82) is 0 Å². The van der Waals surface area contributed by atoms with Crippen molar-refractivity contribution in [3.05, 3.63) is 50.9 Å². The van der Waals surface area contributed by atoms with E-state index < -0.39 is 5.82 Å². The Labute approximate surface area is 114 Å². The molecule has 0 saturated carbocycles. The van der Waals surface area contributed by atoms with Gasteiger partial charge >= 0.3 is 0 Å². The highest BCUT2D eigenvalue weighted by Gasteiger charge is 2.16. The summed E-state index contributed by atoms with van der Waals surface area (Å²) in [7, 11) is 1.60. The average molecular weight is 286 g/mol. The van der Waals surface area contributed by atoms with Gasteiger partial charge in [-0.3, -0.25) is 0 Å². The molecular weight excluding hydrogens is 273 g/mol. The van der Waals surface area contributed by atoms with Crippen LogP contribution in [0.4, 0.5) is 4.39 Å². The van der Waals surface area contributed by atoms with Crippen LogP contribution in [0.5, 0.6) is 5.75 Å². The number of hydrogen-bond donors (Lipinski definition) is 1. The van der Waals surface area contributed by atoms with Gasteiger partial charge in [-0.2, -0.15) is 0 Å². The van der Waals surface area contributed by atoms with Gasteiger partial charge in [-0.05, 0) is 29.5 Å². The Hall–Kier alpha value is -1.10. The monoisotopic (exact) mass is 285 g/mol. The van der Waals surface area contributed by atoms with E-state index >= 15 is 0 Å². The van der Waals surface area contributed by atoms with Crippen LogP contribution in [0.2, 0.25) is 5.02 Å². The molecule has 2 rings (SSSR count). The van der Waals surface area contributed by atoms with Crippen LogP contribution in [0.3, 0.4) is 0 Å². The fourth-order valence-corrected chi connectivity index (χ4v) is 2.84. The molecule has 0 fully saturated rings. The third kappa shape index (κ3) is 2.66. The number of halogens is 2. The summed E-state index contributed by atoms with van der Waals surface area (Å²) in [5.74, 6) is 0.347. The van der Waals surface area contributed by atoms with Crippen molar-refractivity contribution in [1.82, 2.24) is 0 Å². The summed E-state index contributed by atoms with van der Waals surface area (Å²) >= 11 is 7.25. The molecule has 2 nitrogen and oxygen atoms in total. The molecule has 0 saturated heterocycles. The zero-order valence-corrected chi connectivity index (χ0v) is 11.4. The normalized spacial score (nSPS) is 12.4. The van der Waals surface area contributed by atoms with Crippen LogP contribution in [-0.4, -0.2) is 7.11 Å². The molecular formula is C13H13ClFNOS. The summed E-state index contributed by atoms with van der Waals surface area (Å²) < 4.78 is 19.0. The summed E-state index contributed by atoms with van der Waals surface area (Å²) in [5, 5.41) is 2.03. The number of rotatable bonds is 4. The van der Waals surface area contributed by atoms with E-state index in [-0.39, 0.29) is 11.1 Å². The van der Waals surface area contributed by atoms with Crippen LogP contribution in [0.15, 0.2) is 29.6 Å². The van der Waals surface area contributed by atoms with E-state index in [2.05, 4.69) is 0 Å². The highest BCUT2D eigenvalue weighted by Crippen LogP contribution is 2.32. The Bertz CT molecular complexity index is 544. The van der Waals surface area contributed by atoms with Crippen LogP contribution in [-0.2, 0) is 6.42 Å². The van der Waals surface area contributed by atoms with Crippen LogP contribution in [0.1, 0.15) is 16.5 Å². The first kappa shape index (κ1) is 13.3. The van der Waals surface area contributed by atoms with E-state index in [4.69, 9.17) is 22.1 Å². The topological polar surface area (TPSA) is 35.2 Å². The molecule has 18 heavy (non-hydrogen) atoms. The number of thiophene rings is 1. The standard InChI is InChI=1S/C13H13ClFNOS/c1-17-11-5-6-18-13(11)10(16)7-8-3-2-4-9(14)12(8)15/h2-6,10H,7,16H2,1H3. The van der Waals surface area contributed by atoms with Crippen molar-refractivity contribution >= 4 is 22.9 Å². The van der Waals surface area contributed by atoms with Crippen molar-refractivity contribution in [2.45, 2.75) is 12.5 Å². The Morgan fingerprint density at radius 1 is 1.44 bits per heavy atom. The van der Waals surface area contributed by atoms with Gasteiger partial charge in [0, 0.05) is 6.04 Å². The van der Waals surface area contributed by atoms with Crippen LogP contribution in [0, 0.1) is 5.82 Å². The first-order chi connectivity index (χ1) is 8.63. The molecule has 1 aromatic heterocycles. The molecule has 0 bridgehead atoms. The molecule has 0 aliphatic heterocycles. The first-order valence-electron chi connectivity index (χ1n) is 5.43. The molecule has 0 amide bonds. The lowest BCUT2D eigenvalue weighted by molar-refractivity contribution is 0.408. The van der Waals surface area contributed by atoms with Crippen molar-refractivity contribution in [3.8, 4) is 5.75 Å². The predicted octanol–water partition coefficient (Wildman–Crippen LogP) is 3.79. The van der Waals surface area contributed by atoms with E-state index in [1.807, 2.05) is 11.4 Å². The van der Waals surface area contributed by atoms with Gasteiger partial charge < -0.3 is 10.5 Å². The molecule has 0 radical (unpaired) electrons. The molecule has 2 N–H and O–H groups in total. The molecule has 0 aliphatic carbocycles. The zero-order chi connectivity index (χ0) is 13.1.